The van der Waals surface area contributed by atoms with Crippen molar-refractivity contribution in [2.24, 2.45) is 5.14 Å². The lowest BCUT2D eigenvalue weighted by atomic mass is 10.2. The van der Waals surface area contributed by atoms with Gasteiger partial charge in [0.1, 0.15) is 0 Å². The van der Waals surface area contributed by atoms with Crippen LogP contribution in [0.3, 0.4) is 0 Å². The number of carbonyl (C=O) groups excluding carboxylic acids is 1. The lowest BCUT2D eigenvalue weighted by Crippen LogP contribution is -2.14. The Labute approximate surface area is 144 Å². The summed E-state index contributed by atoms with van der Waals surface area (Å²) in [5, 5.41) is 7.71. The van der Waals surface area contributed by atoms with Crippen LogP contribution >= 0.6 is 38.5 Å². The fourth-order valence-electron chi connectivity index (χ4n) is 1.60. The molecule has 0 unspecified atom stereocenters. The summed E-state index contributed by atoms with van der Waals surface area (Å²) in [5.41, 5.74) is 0.982. The highest BCUT2D eigenvalue weighted by atomic mass is 127. The Hall–Kier alpha value is -0.970. The molecule has 0 aliphatic heterocycles. The fourth-order valence-corrected chi connectivity index (χ4v) is 3.03. The van der Waals surface area contributed by atoms with Crippen LogP contribution in [0.5, 0.6) is 0 Å². The number of benzene rings is 2. The van der Waals surface area contributed by atoms with Gasteiger partial charge in [-0.1, -0.05) is 0 Å². The molecule has 0 saturated carbocycles. The van der Waals surface area contributed by atoms with Crippen molar-refractivity contribution in [2.45, 2.75) is 4.90 Å². The van der Waals surface area contributed by atoms with Gasteiger partial charge in [0.15, 0.2) is 0 Å². The largest absolute Gasteiger partial charge is 0.322 e. The highest BCUT2D eigenvalue weighted by Gasteiger charge is 2.12. The minimum absolute atomic E-state index is 0.00376. The van der Waals surface area contributed by atoms with Gasteiger partial charge in [-0.2, -0.15) is 0 Å². The lowest BCUT2D eigenvalue weighted by molar-refractivity contribution is 0.102. The highest BCUT2D eigenvalue weighted by molar-refractivity contribution is 14.1. The summed E-state index contributed by atoms with van der Waals surface area (Å²) in [5.74, 6) is -0.288. The van der Waals surface area contributed by atoms with Crippen LogP contribution in [0.25, 0.3) is 0 Å². The van der Waals surface area contributed by atoms with E-state index in [1.807, 2.05) is 6.07 Å². The molecule has 21 heavy (non-hydrogen) atoms. The van der Waals surface area contributed by atoms with Crippen molar-refractivity contribution < 1.29 is 13.2 Å². The summed E-state index contributed by atoms with van der Waals surface area (Å²) in [4.78, 5) is 12.2. The number of anilines is 1. The number of carbonyl (C=O) groups is 1. The van der Waals surface area contributed by atoms with E-state index in [-0.39, 0.29) is 10.8 Å². The number of hydrogen-bond acceptors (Lipinski definition) is 3. The molecule has 3 N–H and O–H groups in total. The maximum absolute atomic E-state index is 12.2. The van der Waals surface area contributed by atoms with E-state index in [1.165, 1.54) is 24.3 Å². The van der Waals surface area contributed by atoms with E-state index in [9.17, 15) is 13.2 Å². The van der Waals surface area contributed by atoms with Gasteiger partial charge in [0.25, 0.3) is 5.91 Å². The number of primary sulfonamides is 1. The van der Waals surface area contributed by atoms with Gasteiger partial charge >= 0.3 is 0 Å². The van der Waals surface area contributed by atoms with Gasteiger partial charge in [0.05, 0.1) is 10.5 Å². The molecule has 0 aromatic heterocycles. The SMILES string of the molecule is NS(=O)(=O)c1ccc(NC(=O)c2cc(I)ccc2Br)cc1. The molecule has 5 nitrogen and oxygen atoms in total. The van der Waals surface area contributed by atoms with Crippen LogP contribution in [0.15, 0.2) is 51.8 Å². The van der Waals surface area contributed by atoms with Crippen molar-refractivity contribution in [3.8, 4) is 0 Å². The van der Waals surface area contributed by atoms with Crippen molar-refractivity contribution in [3.63, 3.8) is 0 Å². The Morgan fingerprint density at radius 2 is 1.76 bits per heavy atom. The van der Waals surface area contributed by atoms with Crippen molar-refractivity contribution in [3.05, 3.63) is 56.1 Å². The summed E-state index contributed by atoms with van der Waals surface area (Å²) in [7, 11) is -3.73. The van der Waals surface area contributed by atoms with Crippen molar-refractivity contribution in [1.29, 1.82) is 0 Å². The van der Waals surface area contributed by atoms with Gasteiger partial charge in [-0.15, -0.1) is 0 Å². The first kappa shape index (κ1) is 16.4. The second-order valence-electron chi connectivity index (χ2n) is 4.15. The van der Waals surface area contributed by atoms with Gasteiger partial charge in [-0.3, -0.25) is 4.79 Å². The van der Waals surface area contributed by atoms with E-state index in [0.29, 0.717) is 15.7 Å². The zero-order valence-corrected chi connectivity index (χ0v) is 15.1. The van der Waals surface area contributed by atoms with Crippen molar-refractivity contribution >= 4 is 60.1 Å². The number of rotatable bonds is 3. The minimum Gasteiger partial charge on any atom is -0.322 e. The number of halogens is 2. The molecular formula is C13H10BrIN2O3S. The molecule has 2 aromatic rings. The third kappa shape index (κ3) is 4.25. The van der Waals surface area contributed by atoms with Crippen LogP contribution in [-0.4, -0.2) is 14.3 Å². The summed E-state index contributed by atoms with van der Waals surface area (Å²) in [6.45, 7) is 0. The van der Waals surface area contributed by atoms with Crippen LogP contribution in [0.2, 0.25) is 0 Å². The first-order valence-corrected chi connectivity index (χ1v) is 9.08. The molecule has 110 valence electrons. The zero-order valence-electron chi connectivity index (χ0n) is 10.5. The predicted octanol–water partition coefficient (Wildman–Crippen LogP) is 2.95. The molecule has 2 rings (SSSR count). The Morgan fingerprint density at radius 3 is 2.33 bits per heavy atom. The first-order chi connectivity index (χ1) is 9.77. The lowest BCUT2D eigenvalue weighted by Gasteiger charge is -2.08. The molecular weight excluding hydrogens is 471 g/mol. The van der Waals surface area contributed by atoms with Crippen molar-refractivity contribution in [1.82, 2.24) is 0 Å². The fraction of sp³-hybridized carbons (Fsp3) is 0. The molecule has 1 amide bonds. The second kappa shape index (κ2) is 6.42. The van der Waals surface area contributed by atoms with E-state index in [0.717, 1.165) is 3.57 Å². The van der Waals surface area contributed by atoms with Crippen LogP contribution in [0, 0.1) is 3.57 Å². The smallest absolute Gasteiger partial charge is 0.256 e. The Kier molecular flexibility index (Phi) is 5.02. The van der Waals surface area contributed by atoms with Crippen LogP contribution in [-0.2, 0) is 10.0 Å². The van der Waals surface area contributed by atoms with E-state index >= 15 is 0 Å². The third-order valence-corrected chi connectivity index (χ3v) is 4.91. The van der Waals surface area contributed by atoms with Crippen LogP contribution in [0.4, 0.5) is 5.69 Å². The predicted molar refractivity (Wildman–Crippen MR) is 92.6 cm³/mol. The molecule has 0 fully saturated rings. The van der Waals surface area contributed by atoms with Crippen LogP contribution in [0.1, 0.15) is 10.4 Å². The average molecular weight is 481 g/mol. The molecule has 8 heteroatoms. The molecule has 0 bridgehead atoms. The Morgan fingerprint density at radius 1 is 1.14 bits per heavy atom. The topological polar surface area (TPSA) is 89.3 Å². The summed E-state index contributed by atoms with van der Waals surface area (Å²) >= 11 is 5.44. The zero-order chi connectivity index (χ0) is 15.6. The van der Waals surface area contributed by atoms with E-state index in [1.54, 1.807) is 12.1 Å². The molecule has 0 aliphatic rings. The van der Waals surface area contributed by atoms with Crippen LogP contribution < -0.4 is 10.5 Å². The van der Waals surface area contributed by atoms with Gasteiger partial charge in [0.2, 0.25) is 10.0 Å². The van der Waals surface area contributed by atoms with Gasteiger partial charge < -0.3 is 5.32 Å². The maximum atomic E-state index is 12.2. The standard InChI is InChI=1S/C13H10BrIN2O3S/c14-12-6-1-8(15)7-11(12)13(18)17-9-2-4-10(5-3-9)21(16,19)20/h1-7H,(H,17,18)(H2,16,19,20). The monoisotopic (exact) mass is 480 g/mol. The van der Waals surface area contributed by atoms with E-state index in [2.05, 4.69) is 43.8 Å². The second-order valence-corrected chi connectivity index (χ2v) is 7.81. The minimum atomic E-state index is -3.73. The van der Waals surface area contributed by atoms with Gasteiger partial charge in [0, 0.05) is 13.7 Å². The molecule has 0 heterocycles. The summed E-state index contributed by atoms with van der Waals surface area (Å²) in [6, 6.07) is 11.1. The number of nitrogens with two attached hydrogens (primary N) is 1. The Bertz CT molecular complexity index is 792. The number of amides is 1. The maximum Gasteiger partial charge on any atom is 0.256 e. The molecule has 0 aliphatic carbocycles. The number of hydrogen-bond donors (Lipinski definition) is 2. The number of sulfonamides is 1. The molecule has 0 atom stereocenters. The van der Waals surface area contributed by atoms with Gasteiger partial charge in [-0.05, 0) is 81.0 Å². The Balaban J connectivity index is 2.22. The number of nitrogens with one attached hydrogen (secondary N) is 1. The van der Waals surface area contributed by atoms with Crippen molar-refractivity contribution in [2.75, 3.05) is 5.32 Å². The normalized spacial score (nSPS) is 11.2. The molecule has 0 spiro atoms. The summed E-state index contributed by atoms with van der Waals surface area (Å²) < 4.78 is 23.9. The van der Waals surface area contributed by atoms with E-state index < -0.39 is 10.0 Å². The molecule has 0 radical (unpaired) electrons. The third-order valence-electron chi connectivity index (χ3n) is 2.61. The molecule has 2 aromatic carbocycles. The average Bonchev–Trinajstić information content (AvgIpc) is 2.41. The summed E-state index contributed by atoms with van der Waals surface area (Å²) in [6.07, 6.45) is 0. The quantitative estimate of drug-likeness (QED) is 0.662. The highest BCUT2D eigenvalue weighted by Crippen LogP contribution is 2.21. The first-order valence-electron chi connectivity index (χ1n) is 5.66. The van der Waals surface area contributed by atoms with E-state index in [4.69, 9.17) is 5.14 Å². The van der Waals surface area contributed by atoms with Gasteiger partial charge in [-0.25, -0.2) is 13.6 Å². The molecule has 0 saturated heterocycles.